The molecule has 2 nitrogen and oxygen atoms in total. The van der Waals surface area contributed by atoms with Crippen molar-refractivity contribution in [1.82, 2.24) is 0 Å². The summed E-state index contributed by atoms with van der Waals surface area (Å²) in [6, 6.07) is 24.9. The van der Waals surface area contributed by atoms with Crippen LogP contribution in [0.5, 0.6) is 5.75 Å². The van der Waals surface area contributed by atoms with E-state index in [4.69, 9.17) is 0 Å². The predicted octanol–water partition coefficient (Wildman–Crippen LogP) is 4.60. The first-order chi connectivity index (χ1) is 10.3. The number of nitrogens with zero attached hydrogens (tertiary/aromatic N) is 1. The molecule has 0 radical (unpaired) electrons. The van der Waals surface area contributed by atoms with Gasteiger partial charge in [0.05, 0.1) is 11.6 Å². The second kappa shape index (κ2) is 5.52. The first-order valence-electron chi connectivity index (χ1n) is 6.68. The van der Waals surface area contributed by atoms with Gasteiger partial charge in [0.15, 0.2) is 0 Å². The van der Waals surface area contributed by atoms with Crippen molar-refractivity contribution >= 4 is 0 Å². The molecule has 100 valence electrons. The van der Waals surface area contributed by atoms with Gasteiger partial charge in [-0.15, -0.1) is 0 Å². The Labute approximate surface area is 123 Å². The number of rotatable bonds is 2. The molecule has 3 rings (SSSR count). The van der Waals surface area contributed by atoms with Crippen molar-refractivity contribution in [2.75, 3.05) is 0 Å². The standard InChI is InChI=1S/C19H13NO/c20-13-15-9-6-12-18(21)19(15)17-11-5-4-10-16(17)14-7-2-1-3-8-14/h1-12,21H. The average molecular weight is 271 g/mol. The van der Waals surface area contributed by atoms with Crippen LogP contribution in [0.4, 0.5) is 0 Å². The van der Waals surface area contributed by atoms with E-state index in [-0.39, 0.29) is 5.75 Å². The van der Waals surface area contributed by atoms with Gasteiger partial charge < -0.3 is 5.11 Å². The highest BCUT2D eigenvalue weighted by molar-refractivity contribution is 5.88. The Balaban J connectivity index is 2.29. The molecule has 21 heavy (non-hydrogen) atoms. The largest absolute Gasteiger partial charge is 0.507 e. The number of phenols is 1. The lowest BCUT2D eigenvalue weighted by atomic mass is 9.91. The van der Waals surface area contributed by atoms with E-state index in [9.17, 15) is 10.4 Å². The van der Waals surface area contributed by atoms with Crippen molar-refractivity contribution in [3.05, 3.63) is 78.4 Å². The third-order valence-electron chi connectivity index (χ3n) is 3.44. The molecular weight excluding hydrogens is 258 g/mol. The zero-order valence-corrected chi connectivity index (χ0v) is 11.3. The summed E-state index contributed by atoms with van der Waals surface area (Å²) < 4.78 is 0. The Kier molecular flexibility index (Phi) is 3.41. The lowest BCUT2D eigenvalue weighted by Crippen LogP contribution is -1.89. The monoisotopic (exact) mass is 271 g/mol. The number of aromatic hydroxyl groups is 1. The van der Waals surface area contributed by atoms with Crippen LogP contribution >= 0.6 is 0 Å². The summed E-state index contributed by atoms with van der Waals surface area (Å²) in [5.74, 6) is 0.123. The maximum Gasteiger partial charge on any atom is 0.124 e. The van der Waals surface area contributed by atoms with Crippen LogP contribution in [-0.2, 0) is 0 Å². The minimum absolute atomic E-state index is 0.123. The number of hydrogen-bond donors (Lipinski definition) is 1. The molecule has 0 bridgehead atoms. The summed E-state index contributed by atoms with van der Waals surface area (Å²) in [5.41, 5.74) is 3.97. The molecule has 3 aromatic rings. The van der Waals surface area contributed by atoms with Crippen LogP contribution in [0.1, 0.15) is 5.56 Å². The highest BCUT2D eigenvalue weighted by atomic mass is 16.3. The van der Waals surface area contributed by atoms with Gasteiger partial charge in [0.2, 0.25) is 0 Å². The fourth-order valence-corrected chi connectivity index (χ4v) is 2.49. The summed E-state index contributed by atoms with van der Waals surface area (Å²) in [6.07, 6.45) is 0. The summed E-state index contributed by atoms with van der Waals surface area (Å²) in [7, 11) is 0. The molecule has 0 saturated carbocycles. The average Bonchev–Trinajstić information content (AvgIpc) is 2.55. The van der Waals surface area contributed by atoms with Crippen molar-refractivity contribution in [2.24, 2.45) is 0 Å². The van der Waals surface area contributed by atoms with Gasteiger partial charge in [0.1, 0.15) is 5.75 Å². The van der Waals surface area contributed by atoms with Gasteiger partial charge in [-0.05, 0) is 28.8 Å². The molecule has 0 saturated heterocycles. The van der Waals surface area contributed by atoms with Gasteiger partial charge in [-0.2, -0.15) is 5.26 Å². The fourth-order valence-electron chi connectivity index (χ4n) is 2.49. The van der Waals surface area contributed by atoms with E-state index in [1.807, 2.05) is 54.6 Å². The molecule has 0 heterocycles. The molecule has 0 fully saturated rings. The molecule has 0 atom stereocenters. The topological polar surface area (TPSA) is 44.0 Å². The zero-order chi connectivity index (χ0) is 14.7. The van der Waals surface area contributed by atoms with Crippen LogP contribution in [0.3, 0.4) is 0 Å². The van der Waals surface area contributed by atoms with Crippen LogP contribution in [0.15, 0.2) is 72.8 Å². The van der Waals surface area contributed by atoms with Crippen LogP contribution in [-0.4, -0.2) is 5.11 Å². The van der Waals surface area contributed by atoms with E-state index in [0.29, 0.717) is 11.1 Å². The summed E-state index contributed by atoms with van der Waals surface area (Å²) in [4.78, 5) is 0. The van der Waals surface area contributed by atoms with Crippen LogP contribution in [0.2, 0.25) is 0 Å². The van der Waals surface area contributed by atoms with Crippen LogP contribution in [0, 0.1) is 11.3 Å². The van der Waals surface area contributed by atoms with Crippen LogP contribution < -0.4 is 0 Å². The van der Waals surface area contributed by atoms with Crippen molar-refractivity contribution < 1.29 is 5.11 Å². The predicted molar refractivity (Wildman–Crippen MR) is 83.7 cm³/mol. The van der Waals surface area contributed by atoms with Gasteiger partial charge in [-0.25, -0.2) is 0 Å². The third kappa shape index (κ3) is 2.37. The lowest BCUT2D eigenvalue weighted by Gasteiger charge is -2.12. The number of benzene rings is 3. The molecule has 0 aliphatic carbocycles. The maximum absolute atomic E-state index is 10.2. The molecule has 0 spiro atoms. The van der Waals surface area contributed by atoms with E-state index in [0.717, 1.165) is 16.7 Å². The highest BCUT2D eigenvalue weighted by Gasteiger charge is 2.14. The van der Waals surface area contributed by atoms with E-state index < -0.39 is 0 Å². The van der Waals surface area contributed by atoms with Gasteiger partial charge >= 0.3 is 0 Å². The quantitative estimate of drug-likeness (QED) is 0.740. The van der Waals surface area contributed by atoms with E-state index >= 15 is 0 Å². The van der Waals surface area contributed by atoms with Gasteiger partial charge in [-0.1, -0.05) is 60.7 Å². The summed E-state index contributed by atoms with van der Waals surface area (Å²) >= 11 is 0. The maximum atomic E-state index is 10.2. The van der Waals surface area contributed by atoms with E-state index in [1.165, 1.54) is 0 Å². The second-order valence-electron chi connectivity index (χ2n) is 4.72. The van der Waals surface area contributed by atoms with E-state index in [2.05, 4.69) is 6.07 Å². The molecule has 1 N–H and O–H groups in total. The lowest BCUT2D eigenvalue weighted by molar-refractivity contribution is 0.477. The van der Waals surface area contributed by atoms with Crippen molar-refractivity contribution in [3.63, 3.8) is 0 Å². The van der Waals surface area contributed by atoms with Gasteiger partial charge in [0, 0.05) is 5.56 Å². The minimum Gasteiger partial charge on any atom is -0.507 e. The Morgan fingerprint density at radius 3 is 2.10 bits per heavy atom. The molecular formula is C19H13NO. The molecule has 0 unspecified atom stereocenters. The summed E-state index contributed by atoms with van der Waals surface area (Å²) in [5, 5.41) is 19.5. The first-order valence-corrected chi connectivity index (χ1v) is 6.68. The Hall–Kier alpha value is -3.05. The fraction of sp³-hybridized carbons (Fsp3) is 0. The zero-order valence-electron chi connectivity index (χ0n) is 11.3. The molecule has 3 aromatic carbocycles. The molecule has 0 aliphatic heterocycles. The third-order valence-corrected chi connectivity index (χ3v) is 3.44. The number of nitriles is 1. The smallest absolute Gasteiger partial charge is 0.124 e. The molecule has 0 aromatic heterocycles. The molecule has 0 aliphatic rings. The normalized spacial score (nSPS) is 10.0. The van der Waals surface area contributed by atoms with Crippen molar-refractivity contribution in [1.29, 1.82) is 5.26 Å². The SMILES string of the molecule is N#Cc1cccc(O)c1-c1ccccc1-c1ccccc1. The highest BCUT2D eigenvalue weighted by Crippen LogP contribution is 2.38. The Morgan fingerprint density at radius 1 is 0.714 bits per heavy atom. The van der Waals surface area contributed by atoms with Crippen molar-refractivity contribution in [3.8, 4) is 34.1 Å². The van der Waals surface area contributed by atoms with Gasteiger partial charge in [-0.3, -0.25) is 0 Å². The Morgan fingerprint density at radius 2 is 1.38 bits per heavy atom. The van der Waals surface area contributed by atoms with Crippen LogP contribution in [0.25, 0.3) is 22.3 Å². The second-order valence-corrected chi connectivity index (χ2v) is 4.72. The first kappa shape index (κ1) is 13.0. The molecule has 0 amide bonds. The number of phenolic OH excluding ortho intramolecular Hbond substituents is 1. The number of hydrogen-bond acceptors (Lipinski definition) is 2. The van der Waals surface area contributed by atoms with Gasteiger partial charge in [0.25, 0.3) is 0 Å². The molecule has 2 heteroatoms. The van der Waals surface area contributed by atoms with Crippen molar-refractivity contribution in [2.45, 2.75) is 0 Å². The van der Waals surface area contributed by atoms with E-state index in [1.54, 1.807) is 18.2 Å². The minimum atomic E-state index is 0.123. The summed E-state index contributed by atoms with van der Waals surface area (Å²) in [6.45, 7) is 0. The Bertz CT molecular complexity index is 816.